The molecule has 1 aromatic heterocycles. The second-order valence-corrected chi connectivity index (χ2v) is 9.09. The highest BCUT2D eigenvalue weighted by atomic mass is 16.2. The van der Waals surface area contributed by atoms with E-state index in [1.54, 1.807) is 0 Å². The Morgan fingerprint density at radius 2 is 1.83 bits per heavy atom. The number of fused-ring (bicyclic) bond motifs is 1. The molecule has 2 saturated carbocycles. The second-order valence-electron chi connectivity index (χ2n) is 9.09. The van der Waals surface area contributed by atoms with Crippen LogP contribution in [0.5, 0.6) is 0 Å². The lowest BCUT2D eigenvalue weighted by atomic mass is 10.0. The number of carbonyl (C=O) groups excluding carboxylic acids is 2. The fourth-order valence-corrected chi connectivity index (χ4v) is 5.27. The van der Waals surface area contributed by atoms with Crippen LogP contribution in [0.15, 0.2) is 30.3 Å². The normalized spacial score (nSPS) is 26.3. The molecule has 3 fully saturated rings. The Bertz CT molecular complexity index is 990. The Kier molecular flexibility index (Phi) is 3.68. The van der Waals surface area contributed by atoms with E-state index in [2.05, 4.69) is 4.90 Å². The van der Waals surface area contributed by atoms with Gasteiger partial charge >= 0.3 is 0 Å². The summed E-state index contributed by atoms with van der Waals surface area (Å²) in [5.74, 6) is 1.16. The molecule has 6 nitrogen and oxygen atoms in total. The predicted octanol–water partition coefficient (Wildman–Crippen LogP) is 3.10. The average molecular weight is 390 g/mol. The van der Waals surface area contributed by atoms with Gasteiger partial charge in [-0.2, -0.15) is 5.10 Å². The lowest BCUT2D eigenvalue weighted by Gasteiger charge is -2.31. The highest BCUT2D eigenvalue weighted by Crippen LogP contribution is 2.52. The highest BCUT2D eigenvalue weighted by molar-refractivity contribution is 5.99. The number of rotatable bonds is 4. The molecule has 2 amide bonds. The first-order valence-electron chi connectivity index (χ1n) is 10.9. The quantitative estimate of drug-likeness (QED) is 0.806. The number of amides is 2. The van der Waals surface area contributed by atoms with Crippen LogP contribution in [0, 0.1) is 18.8 Å². The predicted molar refractivity (Wildman–Crippen MR) is 108 cm³/mol. The van der Waals surface area contributed by atoms with E-state index < -0.39 is 0 Å². The Morgan fingerprint density at radius 1 is 1.07 bits per heavy atom. The topological polar surface area (TPSA) is 58.4 Å². The van der Waals surface area contributed by atoms with Gasteiger partial charge in [-0.25, -0.2) is 4.68 Å². The van der Waals surface area contributed by atoms with Crippen molar-refractivity contribution in [2.45, 2.75) is 51.1 Å². The molecule has 1 saturated heterocycles. The SMILES string of the molecule is Cc1nn(-c2ccccc2)c2c1C(C1CC1)N(C1CCN(C(=O)C3CC3)C1)C2=O. The van der Waals surface area contributed by atoms with Crippen molar-refractivity contribution < 1.29 is 9.59 Å². The van der Waals surface area contributed by atoms with Gasteiger partial charge in [-0.3, -0.25) is 9.59 Å². The largest absolute Gasteiger partial charge is 0.340 e. The minimum absolute atomic E-state index is 0.0899. The third kappa shape index (κ3) is 2.65. The van der Waals surface area contributed by atoms with Crippen molar-refractivity contribution in [3.05, 3.63) is 47.3 Å². The van der Waals surface area contributed by atoms with Gasteiger partial charge < -0.3 is 9.80 Å². The van der Waals surface area contributed by atoms with Crippen molar-refractivity contribution in [3.63, 3.8) is 0 Å². The number of aromatic nitrogens is 2. The minimum atomic E-state index is 0.0899. The molecule has 6 heteroatoms. The fraction of sp³-hybridized carbons (Fsp3) is 0.522. The summed E-state index contributed by atoms with van der Waals surface area (Å²) in [5.41, 5.74) is 3.74. The summed E-state index contributed by atoms with van der Waals surface area (Å²) in [4.78, 5) is 30.4. The summed E-state index contributed by atoms with van der Waals surface area (Å²) >= 11 is 0. The monoisotopic (exact) mass is 390 g/mol. The van der Waals surface area contributed by atoms with E-state index in [1.165, 1.54) is 12.8 Å². The molecule has 150 valence electrons. The summed E-state index contributed by atoms with van der Waals surface area (Å²) in [6.45, 7) is 3.50. The van der Waals surface area contributed by atoms with Gasteiger partial charge in [0.2, 0.25) is 5.91 Å². The van der Waals surface area contributed by atoms with Crippen LogP contribution in [-0.4, -0.2) is 50.5 Å². The van der Waals surface area contributed by atoms with E-state index in [4.69, 9.17) is 5.10 Å². The molecule has 2 atom stereocenters. The molecule has 1 aromatic carbocycles. The smallest absolute Gasteiger partial charge is 0.273 e. The van der Waals surface area contributed by atoms with Crippen molar-refractivity contribution in [2.24, 2.45) is 11.8 Å². The molecule has 29 heavy (non-hydrogen) atoms. The summed E-state index contributed by atoms with van der Waals surface area (Å²) in [5, 5.41) is 4.75. The van der Waals surface area contributed by atoms with Gasteiger partial charge in [-0.1, -0.05) is 18.2 Å². The van der Waals surface area contributed by atoms with Gasteiger partial charge in [0.25, 0.3) is 5.91 Å². The maximum atomic E-state index is 13.7. The van der Waals surface area contributed by atoms with E-state index in [0.717, 1.165) is 48.4 Å². The van der Waals surface area contributed by atoms with Gasteiger partial charge in [0.15, 0.2) is 0 Å². The maximum Gasteiger partial charge on any atom is 0.273 e. The summed E-state index contributed by atoms with van der Waals surface area (Å²) in [6, 6.07) is 10.2. The highest BCUT2D eigenvalue weighted by Gasteiger charge is 2.52. The van der Waals surface area contributed by atoms with Crippen LogP contribution in [0.25, 0.3) is 5.69 Å². The Balaban J connectivity index is 1.36. The van der Waals surface area contributed by atoms with Gasteiger partial charge in [0, 0.05) is 24.6 Å². The minimum Gasteiger partial charge on any atom is -0.340 e. The molecule has 2 aromatic rings. The van der Waals surface area contributed by atoms with Crippen molar-refractivity contribution in [1.82, 2.24) is 19.6 Å². The van der Waals surface area contributed by atoms with Crippen LogP contribution in [0.4, 0.5) is 0 Å². The lowest BCUT2D eigenvalue weighted by molar-refractivity contribution is -0.131. The van der Waals surface area contributed by atoms with Crippen LogP contribution >= 0.6 is 0 Å². The van der Waals surface area contributed by atoms with Crippen LogP contribution in [0.1, 0.15) is 59.9 Å². The lowest BCUT2D eigenvalue weighted by Crippen LogP contribution is -2.42. The van der Waals surface area contributed by atoms with Gasteiger partial charge in [-0.05, 0) is 57.1 Å². The van der Waals surface area contributed by atoms with E-state index >= 15 is 0 Å². The number of carbonyl (C=O) groups is 2. The number of hydrogen-bond donors (Lipinski definition) is 0. The van der Waals surface area contributed by atoms with Crippen molar-refractivity contribution in [1.29, 1.82) is 0 Å². The van der Waals surface area contributed by atoms with E-state index in [-0.39, 0.29) is 23.9 Å². The zero-order valence-electron chi connectivity index (χ0n) is 16.8. The molecule has 0 radical (unpaired) electrons. The summed E-state index contributed by atoms with van der Waals surface area (Å²) in [7, 11) is 0. The van der Waals surface area contributed by atoms with Crippen LogP contribution < -0.4 is 0 Å². The third-order valence-electron chi connectivity index (χ3n) is 7.00. The zero-order chi connectivity index (χ0) is 19.7. The second kappa shape index (κ2) is 6.18. The molecule has 2 aliphatic carbocycles. The van der Waals surface area contributed by atoms with Gasteiger partial charge in [0.1, 0.15) is 5.69 Å². The average Bonchev–Trinajstić information content (AvgIpc) is 3.65. The van der Waals surface area contributed by atoms with E-state index in [1.807, 2.05) is 46.8 Å². The molecule has 0 bridgehead atoms. The van der Waals surface area contributed by atoms with E-state index in [0.29, 0.717) is 18.4 Å². The molecule has 2 unspecified atom stereocenters. The van der Waals surface area contributed by atoms with Crippen molar-refractivity contribution in [3.8, 4) is 5.69 Å². The Hall–Kier alpha value is -2.63. The molecule has 0 spiro atoms. The third-order valence-corrected chi connectivity index (χ3v) is 7.00. The summed E-state index contributed by atoms with van der Waals surface area (Å²) < 4.78 is 1.84. The molecular weight excluding hydrogens is 364 g/mol. The van der Waals surface area contributed by atoms with Gasteiger partial charge in [0.05, 0.1) is 23.5 Å². The summed E-state index contributed by atoms with van der Waals surface area (Å²) in [6.07, 6.45) is 5.29. The Labute approximate surface area is 170 Å². The molecule has 3 heterocycles. The number of likely N-dealkylation sites (tertiary alicyclic amines) is 1. The maximum absolute atomic E-state index is 13.7. The number of benzene rings is 1. The zero-order valence-corrected chi connectivity index (χ0v) is 16.8. The standard InChI is InChI=1S/C23H26N4O2/c1-14-19-20(15-7-8-15)26(18-11-12-25(13-18)22(28)16-9-10-16)23(29)21(19)27(24-14)17-5-3-2-4-6-17/h2-6,15-16,18,20H,7-13H2,1H3. The van der Waals surface area contributed by atoms with Crippen LogP contribution in [0.3, 0.4) is 0 Å². The van der Waals surface area contributed by atoms with Crippen molar-refractivity contribution in [2.75, 3.05) is 13.1 Å². The first-order chi connectivity index (χ1) is 14.1. The first kappa shape index (κ1) is 17.2. The van der Waals surface area contributed by atoms with Crippen molar-refractivity contribution >= 4 is 11.8 Å². The Morgan fingerprint density at radius 3 is 2.52 bits per heavy atom. The van der Waals surface area contributed by atoms with E-state index in [9.17, 15) is 9.59 Å². The van der Waals surface area contributed by atoms with Gasteiger partial charge in [-0.15, -0.1) is 0 Å². The fourth-order valence-electron chi connectivity index (χ4n) is 5.27. The molecular formula is C23H26N4O2. The molecule has 6 rings (SSSR count). The molecule has 2 aliphatic heterocycles. The molecule has 4 aliphatic rings. The molecule has 0 N–H and O–H groups in total. The van der Waals surface area contributed by atoms with Crippen LogP contribution in [-0.2, 0) is 4.79 Å². The number of hydrogen-bond acceptors (Lipinski definition) is 3. The number of para-hydroxylation sites is 1. The first-order valence-corrected chi connectivity index (χ1v) is 10.9. The number of nitrogens with zero attached hydrogens (tertiary/aromatic N) is 4. The van der Waals surface area contributed by atoms with Crippen LogP contribution in [0.2, 0.25) is 0 Å². The number of aryl methyl sites for hydroxylation is 1.